The fourth-order valence-corrected chi connectivity index (χ4v) is 2.93. The second-order valence-electron chi connectivity index (χ2n) is 6.32. The van der Waals surface area contributed by atoms with E-state index in [1.807, 2.05) is 54.6 Å². The van der Waals surface area contributed by atoms with E-state index in [9.17, 15) is 9.59 Å². The van der Waals surface area contributed by atoms with E-state index in [-0.39, 0.29) is 18.2 Å². The maximum atomic E-state index is 12.4. The summed E-state index contributed by atoms with van der Waals surface area (Å²) < 4.78 is 0. The lowest BCUT2D eigenvalue weighted by Gasteiger charge is -2.13. The molecule has 0 fully saturated rings. The molecular weight excluding hydrogens is 336 g/mol. The standard InChI is InChI=1S/C23H22N2O2/c1-17(26)20-12-6-8-14-22(20)24-16-23(27)25-21-13-7-5-11-19(21)15-18-9-3-2-4-10-18/h2-14,24H,15-16H2,1H3,(H,25,27). The van der Waals surface area contributed by atoms with Crippen LogP contribution in [0.25, 0.3) is 0 Å². The highest BCUT2D eigenvalue weighted by atomic mass is 16.2. The van der Waals surface area contributed by atoms with Gasteiger partial charge in [-0.1, -0.05) is 60.7 Å². The van der Waals surface area contributed by atoms with Gasteiger partial charge in [-0.3, -0.25) is 9.59 Å². The Morgan fingerprint density at radius 3 is 2.15 bits per heavy atom. The summed E-state index contributed by atoms with van der Waals surface area (Å²) in [6, 6.07) is 25.1. The highest BCUT2D eigenvalue weighted by molar-refractivity contribution is 6.00. The van der Waals surface area contributed by atoms with Gasteiger partial charge in [-0.2, -0.15) is 0 Å². The lowest BCUT2D eigenvalue weighted by molar-refractivity contribution is -0.114. The summed E-state index contributed by atoms with van der Waals surface area (Å²) >= 11 is 0. The van der Waals surface area contributed by atoms with Crippen LogP contribution in [0.1, 0.15) is 28.4 Å². The van der Waals surface area contributed by atoms with Crippen molar-refractivity contribution in [2.75, 3.05) is 17.2 Å². The first kappa shape index (κ1) is 18.4. The third-order valence-electron chi connectivity index (χ3n) is 4.27. The van der Waals surface area contributed by atoms with Gasteiger partial charge in [0.25, 0.3) is 0 Å². The van der Waals surface area contributed by atoms with Crippen molar-refractivity contribution in [2.45, 2.75) is 13.3 Å². The van der Waals surface area contributed by atoms with Crippen LogP contribution in [0.2, 0.25) is 0 Å². The Morgan fingerprint density at radius 1 is 0.778 bits per heavy atom. The Kier molecular flexibility index (Phi) is 6.00. The number of hydrogen-bond acceptors (Lipinski definition) is 3. The highest BCUT2D eigenvalue weighted by Crippen LogP contribution is 2.19. The second-order valence-corrected chi connectivity index (χ2v) is 6.32. The third-order valence-corrected chi connectivity index (χ3v) is 4.27. The molecule has 0 spiro atoms. The molecule has 0 atom stereocenters. The Morgan fingerprint density at radius 2 is 1.41 bits per heavy atom. The molecule has 0 aromatic heterocycles. The SMILES string of the molecule is CC(=O)c1ccccc1NCC(=O)Nc1ccccc1Cc1ccccc1. The molecule has 0 aliphatic heterocycles. The maximum Gasteiger partial charge on any atom is 0.243 e. The molecule has 2 N–H and O–H groups in total. The summed E-state index contributed by atoms with van der Waals surface area (Å²) in [5, 5.41) is 6.01. The Labute approximate surface area is 159 Å². The minimum atomic E-state index is -0.158. The molecule has 27 heavy (non-hydrogen) atoms. The zero-order valence-electron chi connectivity index (χ0n) is 15.2. The number of nitrogens with one attached hydrogen (secondary N) is 2. The van der Waals surface area contributed by atoms with Crippen LogP contribution in [0.3, 0.4) is 0 Å². The summed E-state index contributed by atoms with van der Waals surface area (Å²) in [6.45, 7) is 1.60. The number of ketones is 1. The van der Waals surface area contributed by atoms with Crippen molar-refractivity contribution in [1.82, 2.24) is 0 Å². The molecule has 0 saturated carbocycles. The number of carbonyl (C=O) groups is 2. The highest BCUT2D eigenvalue weighted by Gasteiger charge is 2.10. The van der Waals surface area contributed by atoms with Gasteiger partial charge < -0.3 is 10.6 Å². The molecule has 0 aliphatic rings. The first-order chi connectivity index (χ1) is 13.1. The topological polar surface area (TPSA) is 58.2 Å². The Bertz CT molecular complexity index is 936. The molecule has 3 aromatic carbocycles. The largest absolute Gasteiger partial charge is 0.376 e. The first-order valence-corrected chi connectivity index (χ1v) is 8.89. The molecule has 3 rings (SSSR count). The van der Waals surface area contributed by atoms with Crippen LogP contribution in [0.15, 0.2) is 78.9 Å². The third kappa shape index (κ3) is 5.05. The van der Waals surface area contributed by atoms with E-state index >= 15 is 0 Å². The van der Waals surface area contributed by atoms with Crippen molar-refractivity contribution in [3.8, 4) is 0 Å². The van der Waals surface area contributed by atoms with Crippen molar-refractivity contribution < 1.29 is 9.59 Å². The fraction of sp³-hybridized carbons (Fsp3) is 0.130. The van der Waals surface area contributed by atoms with Crippen LogP contribution in [-0.4, -0.2) is 18.2 Å². The fourth-order valence-electron chi connectivity index (χ4n) is 2.93. The smallest absolute Gasteiger partial charge is 0.243 e. The van der Waals surface area contributed by atoms with Gasteiger partial charge in [0, 0.05) is 16.9 Å². The van der Waals surface area contributed by atoms with E-state index in [1.165, 1.54) is 12.5 Å². The van der Waals surface area contributed by atoms with Crippen LogP contribution < -0.4 is 10.6 Å². The molecule has 0 heterocycles. The molecule has 0 unspecified atom stereocenters. The summed E-state index contributed by atoms with van der Waals surface area (Å²) in [7, 11) is 0. The number of para-hydroxylation sites is 2. The quantitative estimate of drug-likeness (QED) is 0.610. The first-order valence-electron chi connectivity index (χ1n) is 8.89. The number of benzene rings is 3. The van der Waals surface area contributed by atoms with E-state index in [2.05, 4.69) is 22.8 Å². The molecule has 136 valence electrons. The number of rotatable bonds is 7. The Hall–Kier alpha value is -3.40. The number of carbonyl (C=O) groups excluding carboxylic acids is 2. The van der Waals surface area contributed by atoms with Gasteiger partial charge in [-0.15, -0.1) is 0 Å². The van der Waals surface area contributed by atoms with E-state index < -0.39 is 0 Å². The molecule has 4 heteroatoms. The van der Waals surface area contributed by atoms with E-state index in [0.29, 0.717) is 11.3 Å². The summed E-state index contributed by atoms with van der Waals surface area (Å²) in [5.41, 5.74) is 4.29. The minimum absolute atomic E-state index is 0.0354. The monoisotopic (exact) mass is 358 g/mol. The molecular formula is C23H22N2O2. The summed E-state index contributed by atoms with van der Waals surface area (Å²) in [6.07, 6.45) is 0.748. The van der Waals surface area contributed by atoms with Crippen LogP contribution >= 0.6 is 0 Å². The number of Topliss-reactive ketones (excluding diaryl/α,β-unsaturated/α-hetero) is 1. The normalized spacial score (nSPS) is 10.3. The van der Waals surface area contributed by atoms with Gasteiger partial charge in [-0.25, -0.2) is 0 Å². The van der Waals surface area contributed by atoms with Crippen LogP contribution in [0, 0.1) is 0 Å². The number of anilines is 2. The molecule has 4 nitrogen and oxygen atoms in total. The van der Waals surface area contributed by atoms with Gasteiger partial charge in [0.15, 0.2) is 5.78 Å². The molecule has 0 saturated heterocycles. The van der Waals surface area contributed by atoms with E-state index in [0.717, 1.165) is 17.7 Å². The predicted octanol–water partition coefficient (Wildman–Crippen LogP) is 4.53. The summed E-state index contributed by atoms with van der Waals surface area (Å²) in [4.78, 5) is 24.1. The predicted molar refractivity (Wildman–Crippen MR) is 109 cm³/mol. The van der Waals surface area contributed by atoms with E-state index in [1.54, 1.807) is 12.1 Å². The van der Waals surface area contributed by atoms with Gasteiger partial charge in [-0.05, 0) is 42.7 Å². The molecule has 0 aliphatic carbocycles. The average molecular weight is 358 g/mol. The van der Waals surface area contributed by atoms with Gasteiger partial charge in [0.1, 0.15) is 0 Å². The summed E-state index contributed by atoms with van der Waals surface area (Å²) in [5.74, 6) is -0.194. The van der Waals surface area contributed by atoms with Crippen molar-refractivity contribution in [3.05, 3.63) is 95.6 Å². The van der Waals surface area contributed by atoms with Crippen LogP contribution in [0.4, 0.5) is 11.4 Å². The molecule has 1 amide bonds. The van der Waals surface area contributed by atoms with Gasteiger partial charge in [0.05, 0.1) is 6.54 Å². The number of hydrogen-bond donors (Lipinski definition) is 2. The van der Waals surface area contributed by atoms with Crippen molar-refractivity contribution in [1.29, 1.82) is 0 Å². The van der Waals surface area contributed by atoms with Crippen molar-refractivity contribution >= 4 is 23.1 Å². The second kappa shape index (κ2) is 8.81. The Balaban J connectivity index is 1.66. The van der Waals surface area contributed by atoms with Crippen LogP contribution in [-0.2, 0) is 11.2 Å². The van der Waals surface area contributed by atoms with Gasteiger partial charge in [0.2, 0.25) is 5.91 Å². The van der Waals surface area contributed by atoms with Gasteiger partial charge >= 0.3 is 0 Å². The number of amides is 1. The average Bonchev–Trinajstić information content (AvgIpc) is 2.69. The lowest BCUT2D eigenvalue weighted by atomic mass is 10.0. The maximum absolute atomic E-state index is 12.4. The minimum Gasteiger partial charge on any atom is -0.376 e. The van der Waals surface area contributed by atoms with Crippen LogP contribution in [0.5, 0.6) is 0 Å². The molecule has 3 aromatic rings. The zero-order valence-corrected chi connectivity index (χ0v) is 15.2. The van der Waals surface area contributed by atoms with Crippen molar-refractivity contribution in [3.63, 3.8) is 0 Å². The molecule has 0 bridgehead atoms. The van der Waals surface area contributed by atoms with E-state index in [4.69, 9.17) is 0 Å². The zero-order chi connectivity index (χ0) is 19.1. The molecule has 0 radical (unpaired) electrons. The van der Waals surface area contributed by atoms with Crippen molar-refractivity contribution in [2.24, 2.45) is 0 Å². The lowest BCUT2D eigenvalue weighted by Crippen LogP contribution is -2.23.